The Morgan fingerprint density at radius 1 is 1.26 bits per heavy atom. The highest BCUT2D eigenvalue weighted by molar-refractivity contribution is 5.76. The molecule has 2 aliphatic rings. The van der Waals surface area contributed by atoms with Crippen LogP contribution in [0.5, 0.6) is 0 Å². The van der Waals surface area contributed by atoms with E-state index in [9.17, 15) is 4.79 Å². The smallest absolute Gasteiger partial charge is 0.223 e. The summed E-state index contributed by atoms with van der Waals surface area (Å²) in [5.74, 6) is 1.27. The molecule has 0 bridgehead atoms. The second-order valence-corrected chi connectivity index (χ2v) is 5.10. The first-order chi connectivity index (χ1) is 9.33. The summed E-state index contributed by atoms with van der Waals surface area (Å²) in [7, 11) is 0. The van der Waals surface area contributed by atoms with Crippen LogP contribution in [-0.4, -0.2) is 69.7 Å². The highest BCUT2D eigenvalue weighted by atomic mass is 16.2. The summed E-state index contributed by atoms with van der Waals surface area (Å²) >= 11 is 0. The van der Waals surface area contributed by atoms with Gasteiger partial charge >= 0.3 is 0 Å². The molecule has 0 saturated carbocycles. The van der Waals surface area contributed by atoms with Crippen molar-refractivity contribution in [2.75, 3.05) is 39.3 Å². The topological polar surface area (TPSA) is 66.3 Å². The lowest BCUT2D eigenvalue weighted by Crippen LogP contribution is -2.47. The van der Waals surface area contributed by atoms with Gasteiger partial charge < -0.3 is 14.8 Å². The zero-order valence-corrected chi connectivity index (χ0v) is 11.1. The van der Waals surface area contributed by atoms with E-state index in [1.165, 1.54) is 0 Å². The molecule has 0 aromatic carbocycles. The van der Waals surface area contributed by atoms with E-state index in [-0.39, 0.29) is 5.91 Å². The van der Waals surface area contributed by atoms with Gasteiger partial charge in [-0.15, -0.1) is 10.2 Å². The lowest BCUT2D eigenvalue weighted by molar-refractivity contribution is -0.132. The number of nitrogens with one attached hydrogen (secondary N) is 1. The maximum Gasteiger partial charge on any atom is 0.223 e. The van der Waals surface area contributed by atoms with Crippen LogP contribution in [0, 0.1) is 0 Å². The maximum atomic E-state index is 12.1. The number of rotatable bonds is 3. The fourth-order valence-corrected chi connectivity index (χ4v) is 2.63. The molecule has 0 atom stereocenters. The average molecular weight is 264 g/mol. The summed E-state index contributed by atoms with van der Waals surface area (Å²) < 4.78 is 2.08. The normalized spacial score (nSPS) is 20.3. The van der Waals surface area contributed by atoms with Crippen molar-refractivity contribution < 1.29 is 4.79 Å². The van der Waals surface area contributed by atoms with Crippen LogP contribution in [0.3, 0.4) is 0 Å². The molecule has 1 aromatic heterocycles. The minimum absolute atomic E-state index is 0.272. The Morgan fingerprint density at radius 3 is 2.95 bits per heavy atom. The van der Waals surface area contributed by atoms with Gasteiger partial charge in [0.15, 0.2) is 0 Å². The lowest BCUT2D eigenvalue weighted by atomic mass is 10.2. The van der Waals surface area contributed by atoms with E-state index in [0.29, 0.717) is 6.42 Å². The van der Waals surface area contributed by atoms with Crippen molar-refractivity contribution in [3.63, 3.8) is 0 Å². The van der Waals surface area contributed by atoms with Crippen LogP contribution in [0.4, 0.5) is 0 Å². The first-order valence-electron chi connectivity index (χ1n) is 6.90. The minimum Gasteiger partial charge on any atom is -0.340 e. The summed E-state index contributed by atoms with van der Waals surface area (Å²) in [6, 6.07) is 0. The summed E-state index contributed by atoms with van der Waals surface area (Å²) in [6.07, 6.45) is 2.38. The molecule has 19 heavy (non-hydrogen) atoms. The van der Waals surface area contributed by atoms with Crippen molar-refractivity contribution in [2.24, 2.45) is 0 Å². The van der Waals surface area contributed by atoms with Gasteiger partial charge in [0.05, 0.1) is 6.54 Å². The molecule has 2 aliphatic heterocycles. The van der Waals surface area contributed by atoms with E-state index < -0.39 is 0 Å². The molecule has 1 amide bonds. The van der Waals surface area contributed by atoms with Gasteiger partial charge in [-0.05, 0) is 0 Å². The Kier molecular flexibility index (Phi) is 3.74. The van der Waals surface area contributed by atoms with Crippen LogP contribution in [0.25, 0.3) is 0 Å². The molecular weight excluding hydrogens is 244 g/mol. The van der Waals surface area contributed by atoms with Gasteiger partial charge in [0.25, 0.3) is 0 Å². The van der Waals surface area contributed by atoms with Crippen LogP contribution in [0.2, 0.25) is 0 Å². The SMILES string of the molecule is O=C(CCN1CCn2cnnc2C1)N1CCNCC1. The molecule has 3 rings (SSSR count). The monoisotopic (exact) mass is 264 g/mol. The summed E-state index contributed by atoms with van der Waals surface area (Å²) in [6.45, 7) is 7.02. The largest absolute Gasteiger partial charge is 0.340 e. The lowest BCUT2D eigenvalue weighted by Gasteiger charge is -2.30. The summed E-state index contributed by atoms with van der Waals surface area (Å²) in [4.78, 5) is 16.3. The highest BCUT2D eigenvalue weighted by Gasteiger charge is 2.20. The van der Waals surface area contributed by atoms with E-state index in [1.54, 1.807) is 6.33 Å². The Balaban J connectivity index is 1.46. The van der Waals surface area contributed by atoms with Gasteiger partial charge in [0.2, 0.25) is 5.91 Å². The van der Waals surface area contributed by atoms with Crippen molar-refractivity contribution in [3.8, 4) is 0 Å². The molecule has 7 nitrogen and oxygen atoms in total. The second kappa shape index (κ2) is 5.66. The summed E-state index contributed by atoms with van der Waals surface area (Å²) in [5, 5.41) is 11.3. The molecule has 1 aromatic rings. The molecule has 7 heteroatoms. The van der Waals surface area contributed by atoms with Crippen LogP contribution < -0.4 is 5.32 Å². The van der Waals surface area contributed by atoms with E-state index in [0.717, 1.165) is 58.2 Å². The second-order valence-electron chi connectivity index (χ2n) is 5.10. The van der Waals surface area contributed by atoms with Crippen molar-refractivity contribution in [3.05, 3.63) is 12.2 Å². The van der Waals surface area contributed by atoms with Crippen LogP contribution in [0.15, 0.2) is 6.33 Å². The fourth-order valence-electron chi connectivity index (χ4n) is 2.63. The number of hydrogen-bond donors (Lipinski definition) is 1. The molecule has 1 fully saturated rings. The number of carbonyl (C=O) groups excluding carboxylic acids is 1. The molecule has 1 saturated heterocycles. The fraction of sp³-hybridized carbons (Fsp3) is 0.750. The zero-order valence-electron chi connectivity index (χ0n) is 11.1. The third-order valence-corrected chi connectivity index (χ3v) is 3.83. The first kappa shape index (κ1) is 12.6. The van der Waals surface area contributed by atoms with E-state index >= 15 is 0 Å². The number of nitrogens with zero attached hydrogens (tertiary/aromatic N) is 5. The zero-order chi connectivity index (χ0) is 13.1. The van der Waals surface area contributed by atoms with Crippen LogP contribution in [0.1, 0.15) is 12.2 Å². The molecule has 104 valence electrons. The van der Waals surface area contributed by atoms with E-state index in [4.69, 9.17) is 0 Å². The number of fused-ring (bicyclic) bond motifs is 1. The average Bonchev–Trinajstić information content (AvgIpc) is 2.93. The van der Waals surface area contributed by atoms with Gasteiger partial charge in [-0.1, -0.05) is 0 Å². The Morgan fingerprint density at radius 2 is 2.11 bits per heavy atom. The molecule has 3 heterocycles. The number of aromatic nitrogens is 3. The van der Waals surface area contributed by atoms with Gasteiger partial charge in [-0.25, -0.2) is 0 Å². The van der Waals surface area contributed by atoms with Crippen molar-refractivity contribution in [2.45, 2.75) is 19.5 Å². The Bertz CT molecular complexity index is 439. The molecule has 0 aliphatic carbocycles. The molecule has 0 radical (unpaired) electrons. The Labute approximate surface area is 112 Å². The van der Waals surface area contributed by atoms with Gasteiger partial charge in [-0.2, -0.15) is 0 Å². The van der Waals surface area contributed by atoms with Crippen molar-refractivity contribution in [1.82, 2.24) is 29.9 Å². The van der Waals surface area contributed by atoms with Gasteiger partial charge in [-0.3, -0.25) is 9.69 Å². The first-order valence-corrected chi connectivity index (χ1v) is 6.90. The van der Waals surface area contributed by atoms with Crippen LogP contribution in [-0.2, 0) is 17.9 Å². The predicted octanol–water partition coefficient (Wildman–Crippen LogP) is -1.08. The third kappa shape index (κ3) is 2.93. The number of hydrogen-bond acceptors (Lipinski definition) is 5. The highest BCUT2D eigenvalue weighted by Crippen LogP contribution is 2.09. The third-order valence-electron chi connectivity index (χ3n) is 3.83. The minimum atomic E-state index is 0.272. The Hall–Kier alpha value is -1.47. The van der Waals surface area contributed by atoms with E-state index in [1.807, 2.05) is 4.90 Å². The molecule has 0 unspecified atom stereocenters. The number of carbonyl (C=O) groups is 1. The molecule has 0 spiro atoms. The summed E-state index contributed by atoms with van der Waals surface area (Å²) in [5.41, 5.74) is 0. The molecular formula is C12H20N6O. The van der Waals surface area contributed by atoms with Crippen molar-refractivity contribution >= 4 is 5.91 Å². The number of amides is 1. The quantitative estimate of drug-likeness (QED) is 0.752. The van der Waals surface area contributed by atoms with Gasteiger partial charge in [0, 0.05) is 52.2 Å². The molecule has 1 N–H and O–H groups in total. The van der Waals surface area contributed by atoms with E-state index in [2.05, 4.69) is 25.0 Å². The predicted molar refractivity (Wildman–Crippen MR) is 69.4 cm³/mol. The standard InChI is InChI=1S/C12H20N6O/c19-12(17-5-2-13-3-6-17)1-4-16-7-8-18-10-14-15-11(18)9-16/h10,13H,1-9H2. The number of piperazine rings is 1. The van der Waals surface area contributed by atoms with Crippen LogP contribution >= 0.6 is 0 Å². The van der Waals surface area contributed by atoms with Gasteiger partial charge in [0.1, 0.15) is 12.2 Å². The maximum absolute atomic E-state index is 12.1. The van der Waals surface area contributed by atoms with Crippen molar-refractivity contribution in [1.29, 1.82) is 0 Å².